The van der Waals surface area contributed by atoms with Crippen LogP contribution in [0.1, 0.15) is 18.4 Å². The zero-order chi connectivity index (χ0) is 15.7. The molecule has 0 heterocycles. The third-order valence-electron chi connectivity index (χ3n) is 2.44. The standard InChI is InChI=1S/C14H16BrN3O2S/c1-2-9-16-14(21)18-17-12(7-8-13(19)20)10-3-5-11(15)6-4-10/h2-6H,1,7-9H2,(H,19,20)(H2,16,18,21)/p-1/b17-12-. The van der Waals surface area contributed by atoms with E-state index in [1.54, 1.807) is 6.08 Å². The molecule has 0 amide bonds. The number of carbonyl (C=O) groups excluding carboxylic acids is 1. The Morgan fingerprint density at radius 3 is 2.62 bits per heavy atom. The smallest absolute Gasteiger partial charge is 0.187 e. The number of carboxylic acids is 1. The lowest BCUT2D eigenvalue weighted by Crippen LogP contribution is -2.33. The zero-order valence-corrected chi connectivity index (χ0v) is 13.7. The fraction of sp³-hybridized carbons (Fsp3) is 0.214. The Labute approximate surface area is 137 Å². The largest absolute Gasteiger partial charge is 0.550 e. The van der Waals surface area contributed by atoms with Crippen LogP contribution in [0, 0.1) is 0 Å². The maximum Gasteiger partial charge on any atom is 0.187 e. The van der Waals surface area contributed by atoms with Gasteiger partial charge in [0.25, 0.3) is 0 Å². The summed E-state index contributed by atoms with van der Waals surface area (Å²) in [5, 5.41) is 18.0. The lowest BCUT2D eigenvalue weighted by atomic mass is 10.1. The van der Waals surface area contributed by atoms with E-state index in [0.717, 1.165) is 10.0 Å². The van der Waals surface area contributed by atoms with Crippen molar-refractivity contribution in [2.75, 3.05) is 6.54 Å². The lowest BCUT2D eigenvalue weighted by Gasteiger charge is -2.10. The van der Waals surface area contributed by atoms with Crippen molar-refractivity contribution in [1.82, 2.24) is 10.7 Å². The number of nitrogens with zero attached hydrogens (tertiary/aromatic N) is 1. The van der Waals surface area contributed by atoms with Gasteiger partial charge in [-0.3, -0.25) is 5.43 Å². The van der Waals surface area contributed by atoms with E-state index in [4.69, 9.17) is 12.2 Å². The number of aliphatic carboxylic acids is 1. The van der Waals surface area contributed by atoms with Crippen LogP contribution in [-0.2, 0) is 4.79 Å². The van der Waals surface area contributed by atoms with E-state index in [0.29, 0.717) is 17.4 Å². The second kappa shape index (κ2) is 9.25. The maximum absolute atomic E-state index is 10.6. The Kier molecular flexibility index (Phi) is 7.63. The van der Waals surface area contributed by atoms with Crippen molar-refractivity contribution >= 4 is 44.9 Å². The van der Waals surface area contributed by atoms with Crippen LogP contribution in [0.3, 0.4) is 0 Å². The van der Waals surface area contributed by atoms with Gasteiger partial charge < -0.3 is 15.2 Å². The first-order chi connectivity index (χ1) is 10.0. The van der Waals surface area contributed by atoms with Crippen LogP contribution in [0.5, 0.6) is 0 Å². The summed E-state index contributed by atoms with van der Waals surface area (Å²) in [6.07, 6.45) is 1.81. The van der Waals surface area contributed by atoms with Gasteiger partial charge in [0.2, 0.25) is 0 Å². The fourth-order valence-corrected chi connectivity index (χ4v) is 1.84. The molecule has 21 heavy (non-hydrogen) atoms. The maximum atomic E-state index is 10.6. The van der Waals surface area contributed by atoms with Crippen LogP contribution < -0.4 is 15.8 Å². The van der Waals surface area contributed by atoms with E-state index in [-0.39, 0.29) is 12.8 Å². The Bertz CT molecular complexity index is 544. The highest BCUT2D eigenvalue weighted by Crippen LogP contribution is 2.13. The summed E-state index contributed by atoms with van der Waals surface area (Å²) in [6, 6.07) is 7.41. The monoisotopic (exact) mass is 368 g/mol. The molecule has 0 bridgehead atoms. The van der Waals surface area contributed by atoms with Crippen LogP contribution in [0.25, 0.3) is 0 Å². The van der Waals surface area contributed by atoms with Crippen molar-refractivity contribution in [3.63, 3.8) is 0 Å². The van der Waals surface area contributed by atoms with Gasteiger partial charge in [0.15, 0.2) is 5.11 Å². The Morgan fingerprint density at radius 1 is 1.38 bits per heavy atom. The normalized spacial score (nSPS) is 10.8. The molecule has 0 saturated heterocycles. The van der Waals surface area contributed by atoms with Crippen LogP contribution in [-0.4, -0.2) is 23.3 Å². The number of carbonyl (C=O) groups is 1. The average molecular weight is 369 g/mol. The van der Waals surface area contributed by atoms with Crippen LogP contribution >= 0.6 is 28.1 Å². The van der Waals surface area contributed by atoms with Crippen molar-refractivity contribution < 1.29 is 9.90 Å². The minimum absolute atomic E-state index is 0.108. The van der Waals surface area contributed by atoms with Gasteiger partial charge in [-0.1, -0.05) is 34.1 Å². The summed E-state index contributed by atoms with van der Waals surface area (Å²) in [5.41, 5.74) is 4.10. The molecule has 0 radical (unpaired) electrons. The van der Waals surface area contributed by atoms with Gasteiger partial charge in [0, 0.05) is 17.0 Å². The quantitative estimate of drug-likeness (QED) is 0.328. The van der Waals surface area contributed by atoms with E-state index in [1.165, 1.54) is 0 Å². The van der Waals surface area contributed by atoms with Gasteiger partial charge in [0.1, 0.15) is 0 Å². The van der Waals surface area contributed by atoms with E-state index < -0.39 is 5.97 Å². The molecule has 0 unspecified atom stereocenters. The topological polar surface area (TPSA) is 76.5 Å². The molecule has 0 atom stereocenters. The van der Waals surface area contributed by atoms with Crippen molar-refractivity contribution in [3.8, 4) is 0 Å². The summed E-state index contributed by atoms with van der Waals surface area (Å²) in [4.78, 5) is 10.6. The first-order valence-electron chi connectivity index (χ1n) is 6.20. The molecule has 5 nitrogen and oxygen atoms in total. The van der Waals surface area contributed by atoms with Crippen LogP contribution in [0.15, 0.2) is 46.5 Å². The second-order valence-electron chi connectivity index (χ2n) is 4.05. The number of hydrazone groups is 1. The first-order valence-corrected chi connectivity index (χ1v) is 7.40. The molecule has 0 saturated carbocycles. The van der Waals surface area contributed by atoms with Gasteiger partial charge in [-0.25, -0.2) is 0 Å². The molecule has 1 rings (SSSR count). The summed E-state index contributed by atoms with van der Waals surface area (Å²) >= 11 is 8.38. The van der Waals surface area contributed by atoms with E-state index in [9.17, 15) is 9.90 Å². The fourth-order valence-electron chi connectivity index (χ4n) is 1.45. The highest BCUT2D eigenvalue weighted by Gasteiger charge is 2.05. The molecule has 0 aliphatic heterocycles. The number of nitrogens with one attached hydrogen (secondary N) is 2. The van der Waals surface area contributed by atoms with Gasteiger partial charge in [0.05, 0.1) is 5.71 Å². The van der Waals surface area contributed by atoms with Gasteiger partial charge in [-0.05, 0) is 42.8 Å². The van der Waals surface area contributed by atoms with Gasteiger partial charge in [-0.15, -0.1) is 6.58 Å². The van der Waals surface area contributed by atoms with E-state index in [2.05, 4.69) is 38.4 Å². The number of carboxylic acid groups (broad SMARTS) is 1. The molecule has 7 heteroatoms. The highest BCUT2D eigenvalue weighted by atomic mass is 79.9. The lowest BCUT2D eigenvalue weighted by molar-refractivity contribution is -0.305. The summed E-state index contributed by atoms with van der Waals surface area (Å²) in [5.74, 6) is -1.12. The number of benzene rings is 1. The minimum Gasteiger partial charge on any atom is -0.550 e. The molecule has 0 spiro atoms. The molecule has 112 valence electrons. The van der Waals surface area contributed by atoms with Crippen molar-refractivity contribution in [2.24, 2.45) is 5.10 Å². The molecular weight excluding hydrogens is 354 g/mol. The van der Waals surface area contributed by atoms with Gasteiger partial charge >= 0.3 is 0 Å². The zero-order valence-electron chi connectivity index (χ0n) is 11.3. The summed E-state index contributed by atoms with van der Waals surface area (Å²) in [6.45, 7) is 4.09. The SMILES string of the molecule is C=CCNC(=S)N/N=C(/CCC(=O)[O-])c1ccc(Br)cc1. The van der Waals surface area contributed by atoms with Crippen molar-refractivity contribution in [2.45, 2.75) is 12.8 Å². The summed E-state index contributed by atoms with van der Waals surface area (Å²) < 4.78 is 0.932. The third-order valence-corrected chi connectivity index (χ3v) is 3.21. The average Bonchev–Trinajstić information content (AvgIpc) is 2.46. The van der Waals surface area contributed by atoms with Crippen molar-refractivity contribution in [1.29, 1.82) is 0 Å². The van der Waals surface area contributed by atoms with Gasteiger partial charge in [-0.2, -0.15) is 5.10 Å². The van der Waals surface area contributed by atoms with Crippen molar-refractivity contribution in [3.05, 3.63) is 47.0 Å². The predicted octanol–water partition coefficient (Wildman–Crippen LogP) is 1.33. The van der Waals surface area contributed by atoms with E-state index in [1.807, 2.05) is 24.3 Å². The molecule has 1 aromatic rings. The highest BCUT2D eigenvalue weighted by molar-refractivity contribution is 9.10. The number of hydrogen-bond acceptors (Lipinski definition) is 4. The Balaban J connectivity index is 2.80. The molecule has 0 aliphatic rings. The Morgan fingerprint density at radius 2 is 2.05 bits per heavy atom. The predicted molar refractivity (Wildman–Crippen MR) is 88.9 cm³/mol. The minimum atomic E-state index is -1.12. The molecule has 2 N–H and O–H groups in total. The number of thiocarbonyl (C=S) groups is 1. The molecule has 0 fully saturated rings. The number of halogens is 1. The van der Waals surface area contributed by atoms with E-state index >= 15 is 0 Å². The second-order valence-corrected chi connectivity index (χ2v) is 5.37. The molecule has 0 aromatic heterocycles. The molecular formula is C14H15BrN3O2S-. The summed E-state index contributed by atoms with van der Waals surface area (Å²) in [7, 11) is 0. The third kappa shape index (κ3) is 7.01. The first kappa shape index (κ1) is 17.3. The Hall–Kier alpha value is -1.73. The number of hydrogen-bond donors (Lipinski definition) is 2. The number of rotatable bonds is 7. The van der Waals surface area contributed by atoms with Crippen LogP contribution in [0.4, 0.5) is 0 Å². The molecule has 1 aromatic carbocycles. The molecule has 0 aliphatic carbocycles. The van der Waals surface area contributed by atoms with Crippen LogP contribution in [0.2, 0.25) is 0 Å².